The fraction of sp³-hybridized carbons (Fsp3) is 0.800. The Balaban J connectivity index is 1.58. The number of hydrogen-bond acceptors (Lipinski definition) is 4. The van der Waals surface area contributed by atoms with Crippen molar-refractivity contribution in [3.05, 3.63) is 11.1 Å². The molecule has 4 heteroatoms. The Bertz CT molecular complexity index is 423. The molecule has 1 N–H and O–H groups in total. The van der Waals surface area contributed by atoms with Crippen LogP contribution in [0.2, 0.25) is 0 Å². The summed E-state index contributed by atoms with van der Waals surface area (Å²) in [5.74, 6) is 0. The van der Waals surface area contributed by atoms with Gasteiger partial charge in [-0.3, -0.25) is 0 Å². The minimum atomic E-state index is 0.502. The third-order valence-electron chi connectivity index (χ3n) is 4.29. The van der Waals surface area contributed by atoms with Crippen molar-refractivity contribution < 1.29 is 0 Å². The quantitative estimate of drug-likeness (QED) is 0.915. The van der Waals surface area contributed by atoms with Crippen molar-refractivity contribution >= 4 is 16.5 Å². The largest absolute Gasteiger partial charge is 0.348 e. The lowest BCUT2D eigenvalue weighted by molar-refractivity contribution is 0.325. The van der Waals surface area contributed by atoms with Gasteiger partial charge in [0.1, 0.15) is 0 Å². The number of anilines is 1. The molecule has 106 valence electrons. The van der Waals surface area contributed by atoms with E-state index in [9.17, 15) is 0 Å². The fourth-order valence-electron chi connectivity index (χ4n) is 2.67. The number of thiazole rings is 1. The molecule has 1 aromatic heterocycles. The molecule has 0 spiro atoms. The van der Waals surface area contributed by atoms with E-state index in [-0.39, 0.29) is 0 Å². The maximum absolute atomic E-state index is 4.63. The highest BCUT2D eigenvalue weighted by Gasteiger charge is 2.24. The molecule has 0 radical (unpaired) electrons. The van der Waals surface area contributed by atoms with Gasteiger partial charge in [-0.1, -0.05) is 13.8 Å². The van der Waals surface area contributed by atoms with Gasteiger partial charge < -0.3 is 10.2 Å². The van der Waals surface area contributed by atoms with Crippen molar-refractivity contribution in [2.45, 2.75) is 58.5 Å². The van der Waals surface area contributed by atoms with Crippen LogP contribution in [-0.2, 0) is 6.54 Å². The van der Waals surface area contributed by atoms with Crippen molar-refractivity contribution in [3.63, 3.8) is 0 Å². The van der Waals surface area contributed by atoms with E-state index >= 15 is 0 Å². The SMILES string of the molecule is CC1(C)CCCN(c2ncc(CNC3CC3)s2)CC1. The highest BCUT2D eigenvalue weighted by Crippen LogP contribution is 2.33. The zero-order valence-electron chi connectivity index (χ0n) is 12.1. The van der Waals surface area contributed by atoms with Gasteiger partial charge in [-0.05, 0) is 37.5 Å². The van der Waals surface area contributed by atoms with Crippen molar-refractivity contribution in [1.82, 2.24) is 10.3 Å². The molecule has 0 unspecified atom stereocenters. The lowest BCUT2D eigenvalue weighted by Gasteiger charge is -2.22. The molecule has 1 saturated heterocycles. The van der Waals surface area contributed by atoms with Gasteiger partial charge in [0.2, 0.25) is 0 Å². The first-order chi connectivity index (χ1) is 9.12. The van der Waals surface area contributed by atoms with E-state index in [1.54, 1.807) is 0 Å². The first-order valence-electron chi connectivity index (χ1n) is 7.55. The molecule has 2 aliphatic rings. The molecule has 2 fully saturated rings. The van der Waals surface area contributed by atoms with Crippen LogP contribution in [-0.4, -0.2) is 24.1 Å². The van der Waals surface area contributed by atoms with Gasteiger partial charge in [-0.15, -0.1) is 11.3 Å². The van der Waals surface area contributed by atoms with E-state index in [4.69, 9.17) is 0 Å². The second kappa shape index (κ2) is 5.41. The van der Waals surface area contributed by atoms with Gasteiger partial charge in [0, 0.05) is 36.8 Å². The van der Waals surface area contributed by atoms with E-state index in [1.807, 2.05) is 11.3 Å². The molecule has 0 bridgehead atoms. The highest BCUT2D eigenvalue weighted by atomic mass is 32.1. The Morgan fingerprint density at radius 1 is 1.37 bits per heavy atom. The van der Waals surface area contributed by atoms with E-state index in [0.717, 1.165) is 19.1 Å². The summed E-state index contributed by atoms with van der Waals surface area (Å²) in [4.78, 5) is 8.50. The summed E-state index contributed by atoms with van der Waals surface area (Å²) in [6.45, 7) is 8.12. The Kier molecular flexibility index (Phi) is 3.81. The molecular weight excluding hydrogens is 254 g/mol. The lowest BCUT2D eigenvalue weighted by Crippen LogP contribution is -2.24. The molecule has 1 aliphatic heterocycles. The Morgan fingerprint density at radius 2 is 2.21 bits per heavy atom. The molecule has 1 aromatic rings. The van der Waals surface area contributed by atoms with Crippen LogP contribution in [0.15, 0.2) is 6.20 Å². The predicted octanol–water partition coefficient (Wildman–Crippen LogP) is 3.41. The lowest BCUT2D eigenvalue weighted by atomic mass is 9.85. The highest BCUT2D eigenvalue weighted by molar-refractivity contribution is 7.15. The normalized spacial score (nSPS) is 23.4. The van der Waals surface area contributed by atoms with Crippen LogP contribution in [0.5, 0.6) is 0 Å². The summed E-state index contributed by atoms with van der Waals surface area (Å²) in [5.41, 5.74) is 0.502. The number of nitrogens with one attached hydrogen (secondary N) is 1. The number of aromatic nitrogens is 1. The van der Waals surface area contributed by atoms with Gasteiger partial charge in [0.05, 0.1) is 0 Å². The number of hydrogen-bond donors (Lipinski definition) is 1. The monoisotopic (exact) mass is 279 g/mol. The van der Waals surface area contributed by atoms with Crippen LogP contribution < -0.4 is 10.2 Å². The summed E-state index contributed by atoms with van der Waals surface area (Å²) in [6.07, 6.45) is 8.68. The van der Waals surface area contributed by atoms with Gasteiger partial charge >= 0.3 is 0 Å². The summed E-state index contributed by atoms with van der Waals surface area (Å²) >= 11 is 1.87. The number of nitrogens with zero attached hydrogens (tertiary/aromatic N) is 2. The van der Waals surface area contributed by atoms with Gasteiger partial charge in [0.25, 0.3) is 0 Å². The van der Waals surface area contributed by atoms with E-state index in [0.29, 0.717) is 5.41 Å². The Hall–Kier alpha value is -0.610. The molecule has 19 heavy (non-hydrogen) atoms. The predicted molar refractivity (Wildman–Crippen MR) is 81.8 cm³/mol. The average molecular weight is 279 g/mol. The van der Waals surface area contributed by atoms with Crippen LogP contribution in [0, 0.1) is 5.41 Å². The average Bonchev–Trinajstić information content (AvgIpc) is 3.11. The van der Waals surface area contributed by atoms with Crippen molar-refractivity contribution in [2.75, 3.05) is 18.0 Å². The smallest absolute Gasteiger partial charge is 0.185 e. The van der Waals surface area contributed by atoms with E-state index in [2.05, 4.69) is 35.2 Å². The summed E-state index contributed by atoms with van der Waals surface area (Å²) in [6, 6.07) is 0.782. The molecule has 1 aliphatic carbocycles. The second-order valence-corrected chi connectivity index (χ2v) is 7.86. The maximum atomic E-state index is 4.63. The topological polar surface area (TPSA) is 28.2 Å². The molecule has 1 saturated carbocycles. The third kappa shape index (κ3) is 3.69. The molecule has 2 heterocycles. The van der Waals surface area contributed by atoms with Gasteiger partial charge in [-0.2, -0.15) is 0 Å². The zero-order chi connectivity index (χ0) is 13.3. The summed E-state index contributed by atoms with van der Waals surface area (Å²) < 4.78 is 0. The standard InChI is InChI=1S/C15H25N3S/c1-15(2)6-3-8-18(9-7-15)14-17-11-13(19-14)10-16-12-4-5-12/h11-12,16H,3-10H2,1-2H3. The fourth-order valence-corrected chi connectivity index (χ4v) is 3.58. The zero-order valence-corrected chi connectivity index (χ0v) is 12.9. The third-order valence-corrected chi connectivity index (χ3v) is 5.35. The van der Waals surface area contributed by atoms with E-state index in [1.165, 1.54) is 48.7 Å². The first kappa shape index (κ1) is 13.4. The molecule has 0 amide bonds. The minimum absolute atomic E-state index is 0.502. The Morgan fingerprint density at radius 3 is 3.00 bits per heavy atom. The molecule has 0 aromatic carbocycles. The second-order valence-electron chi connectivity index (χ2n) is 6.77. The van der Waals surface area contributed by atoms with Crippen LogP contribution >= 0.6 is 11.3 Å². The number of rotatable bonds is 4. The maximum Gasteiger partial charge on any atom is 0.185 e. The van der Waals surface area contributed by atoms with Crippen LogP contribution in [0.4, 0.5) is 5.13 Å². The minimum Gasteiger partial charge on any atom is -0.348 e. The van der Waals surface area contributed by atoms with Crippen molar-refractivity contribution in [1.29, 1.82) is 0 Å². The van der Waals surface area contributed by atoms with Crippen LogP contribution in [0.3, 0.4) is 0 Å². The first-order valence-corrected chi connectivity index (χ1v) is 8.37. The van der Waals surface area contributed by atoms with Gasteiger partial charge in [0.15, 0.2) is 5.13 Å². The summed E-state index contributed by atoms with van der Waals surface area (Å²) in [5, 5.41) is 4.79. The van der Waals surface area contributed by atoms with Crippen LogP contribution in [0.25, 0.3) is 0 Å². The molecular formula is C15H25N3S. The van der Waals surface area contributed by atoms with Crippen LogP contribution in [0.1, 0.15) is 50.8 Å². The summed E-state index contributed by atoms with van der Waals surface area (Å²) in [7, 11) is 0. The van der Waals surface area contributed by atoms with Crippen molar-refractivity contribution in [2.24, 2.45) is 5.41 Å². The molecule has 0 atom stereocenters. The van der Waals surface area contributed by atoms with Crippen molar-refractivity contribution in [3.8, 4) is 0 Å². The van der Waals surface area contributed by atoms with E-state index < -0.39 is 0 Å². The molecule has 3 rings (SSSR count). The van der Waals surface area contributed by atoms with Gasteiger partial charge in [-0.25, -0.2) is 4.98 Å². The Labute approximate surface area is 120 Å². The molecule has 3 nitrogen and oxygen atoms in total.